The first-order valence-corrected chi connectivity index (χ1v) is 9.72. The molecule has 142 valence electrons. The van der Waals surface area contributed by atoms with Crippen molar-refractivity contribution in [3.8, 4) is 11.4 Å². The average Bonchev–Trinajstić information content (AvgIpc) is 2.95. The fraction of sp³-hybridized carbons (Fsp3) is 0.176. The number of nitrogens with two attached hydrogens (primary N) is 1. The van der Waals surface area contributed by atoms with Crippen LogP contribution in [0.15, 0.2) is 59.1 Å². The normalized spacial score (nSPS) is 20.0. The smallest absolute Gasteiger partial charge is 0.233 e. The number of rotatable bonds is 3. The van der Waals surface area contributed by atoms with Crippen molar-refractivity contribution in [2.24, 2.45) is 5.14 Å². The Labute approximate surface area is 166 Å². The molecule has 1 fully saturated rings. The van der Waals surface area contributed by atoms with Gasteiger partial charge in [-0.1, -0.05) is 47.6 Å². The van der Waals surface area contributed by atoms with Gasteiger partial charge in [0.2, 0.25) is 11.7 Å². The summed E-state index contributed by atoms with van der Waals surface area (Å²) in [5, 5.41) is 7.98. The molecule has 10 heteroatoms. The summed E-state index contributed by atoms with van der Waals surface area (Å²) in [6.45, 7) is 0. The van der Waals surface area contributed by atoms with Crippen LogP contribution in [0.1, 0.15) is 23.3 Å². The van der Waals surface area contributed by atoms with Gasteiger partial charge in [-0.05, 0) is 17.7 Å². The van der Waals surface area contributed by atoms with Crippen molar-refractivity contribution in [3.05, 3.63) is 71.9 Å². The van der Waals surface area contributed by atoms with Crippen molar-refractivity contribution in [1.29, 1.82) is 0 Å². The van der Waals surface area contributed by atoms with E-state index in [-0.39, 0.29) is 17.7 Å². The van der Waals surface area contributed by atoms with E-state index in [0.29, 0.717) is 17.3 Å². The summed E-state index contributed by atoms with van der Waals surface area (Å²) in [4.78, 5) is 4.34. The Morgan fingerprint density at radius 1 is 1.07 bits per heavy atom. The SMILES string of the molecule is Fc1cccc(-c2noc(C3C(c4ccccc4)C3(Cl)Cl)n2)c1.N[SH](=O)=O. The van der Waals surface area contributed by atoms with Crippen LogP contribution in [0, 0.1) is 5.82 Å². The maximum Gasteiger partial charge on any atom is 0.233 e. The summed E-state index contributed by atoms with van der Waals surface area (Å²) in [6.07, 6.45) is 0. The molecular formula is C17H14Cl2FN3O3S. The van der Waals surface area contributed by atoms with Crippen molar-refractivity contribution in [2.45, 2.75) is 16.2 Å². The first kappa shape index (κ1) is 19.8. The van der Waals surface area contributed by atoms with Crippen molar-refractivity contribution < 1.29 is 17.3 Å². The fourth-order valence-electron chi connectivity index (χ4n) is 2.82. The second kappa shape index (κ2) is 7.93. The zero-order valence-corrected chi connectivity index (χ0v) is 16.0. The highest BCUT2D eigenvalue weighted by atomic mass is 35.5. The second-order valence-electron chi connectivity index (χ2n) is 5.79. The molecule has 3 aromatic rings. The molecule has 2 atom stereocenters. The molecule has 1 aromatic heterocycles. The van der Waals surface area contributed by atoms with E-state index < -0.39 is 15.2 Å². The summed E-state index contributed by atoms with van der Waals surface area (Å²) in [6, 6.07) is 15.7. The molecule has 0 spiro atoms. The van der Waals surface area contributed by atoms with Crippen LogP contribution >= 0.6 is 23.2 Å². The zero-order chi connectivity index (χ0) is 19.6. The van der Waals surface area contributed by atoms with E-state index in [1.807, 2.05) is 30.3 Å². The predicted octanol–water partition coefficient (Wildman–Crippen LogP) is 3.40. The molecule has 0 amide bonds. The van der Waals surface area contributed by atoms with Gasteiger partial charge in [0.1, 0.15) is 10.2 Å². The number of aromatic nitrogens is 2. The van der Waals surface area contributed by atoms with E-state index >= 15 is 0 Å². The molecule has 2 unspecified atom stereocenters. The van der Waals surface area contributed by atoms with Gasteiger partial charge in [-0.2, -0.15) is 4.98 Å². The molecule has 1 heterocycles. The van der Waals surface area contributed by atoms with E-state index in [9.17, 15) is 4.39 Å². The Morgan fingerprint density at radius 2 is 1.74 bits per heavy atom. The molecular weight excluding hydrogens is 416 g/mol. The van der Waals surface area contributed by atoms with Crippen molar-refractivity contribution in [3.63, 3.8) is 0 Å². The minimum atomic E-state index is -2.62. The molecule has 0 aliphatic heterocycles. The van der Waals surface area contributed by atoms with Crippen LogP contribution in [0.4, 0.5) is 4.39 Å². The first-order valence-electron chi connectivity index (χ1n) is 7.72. The van der Waals surface area contributed by atoms with Gasteiger partial charge >= 0.3 is 0 Å². The summed E-state index contributed by atoms with van der Waals surface area (Å²) < 4.78 is 35.3. The number of thiol groups is 1. The summed E-state index contributed by atoms with van der Waals surface area (Å²) >= 11 is 12.8. The number of nitrogens with zero attached hydrogens (tertiary/aromatic N) is 2. The van der Waals surface area contributed by atoms with Crippen molar-refractivity contribution >= 4 is 34.1 Å². The Morgan fingerprint density at radius 3 is 2.37 bits per heavy atom. The second-order valence-corrected chi connectivity index (χ2v) is 7.81. The number of halogens is 3. The van der Waals surface area contributed by atoms with Crippen LogP contribution in [0.3, 0.4) is 0 Å². The molecule has 1 saturated carbocycles. The predicted molar refractivity (Wildman–Crippen MR) is 101 cm³/mol. The fourth-order valence-corrected chi connectivity index (χ4v) is 3.63. The lowest BCUT2D eigenvalue weighted by Gasteiger charge is -1.97. The maximum absolute atomic E-state index is 13.3. The zero-order valence-electron chi connectivity index (χ0n) is 13.6. The highest BCUT2D eigenvalue weighted by Crippen LogP contribution is 2.69. The minimum absolute atomic E-state index is 0.104. The number of benzene rings is 2. The van der Waals surface area contributed by atoms with Gasteiger partial charge in [0, 0.05) is 11.5 Å². The topological polar surface area (TPSA) is 99.1 Å². The molecule has 2 N–H and O–H groups in total. The summed E-state index contributed by atoms with van der Waals surface area (Å²) in [5.74, 6) is -0.0483. The highest BCUT2D eigenvalue weighted by molar-refractivity contribution is 7.69. The van der Waals surface area contributed by atoms with Crippen LogP contribution in [0.5, 0.6) is 0 Å². The molecule has 0 saturated heterocycles. The Balaban J connectivity index is 0.000000481. The molecule has 1 aliphatic carbocycles. The van der Waals surface area contributed by atoms with Gasteiger partial charge in [0.05, 0.1) is 5.92 Å². The maximum atomic E-state index is 13.3. The van der Waals surface area contributed by atoms with E-state index in [2.05, 4.69) is 15.3 Å². The van der Waals surface area contributed by atoms with Gasteiger partial charge in [0.15, 0.2) is 10.9 Å². The quantitative estimate of drug-likeness (QED) is 0.490. The summed E-state index contributed by atoms with van der Waals surface area (Å²) in [5.41, 5.74) is 1.57. The van der Waals surface area contributed by atoms with Crippen LogP contribution in [0.2, 0.25) is 0 Å². The molecule has 0 radical (unpaired) electrons. The lowest BCUT2D eigenvalue weighted by atomic mass is 10.1. The van der Waals surface area contributed by atoms with Gasteiger partial charge < -0.3 is 4.52 Å². The van der Waals surface area contributed by atoms with Gasteiger partial charge in [0.25, 0.3) is 0 Å². The van der Waals surface area contributed by atoms with Crippen LogP contribution in [0.25, 0.3) is 11.4 Å². The third-order valence-electron chi connectivity index (χ3n) is 4.00. The van der Waals surface area contributed by atoms with E-state index in [1.165, 1.54) is 12.1 Å². The van der Waals surface area contributed by atoms with Crippen molar-refractivity contribution in [2.75, 3.05) is 0 Å². The Kier molecular flexibility index (Phi) is 5.81. The standard InChI is InChI=1S/C17H11Cl2FN2O.H3NO2S/c18-17(19)13(10-5-2-1-3-6-10)14(17)16-21-15(22-23-16)11-7-4-8-12(20)9-11;1-4(2)3/h1-9,13-14H;4H,(H2,1,2,3). The molecule has 6 nitrogen and oxygen atoms in total. The van der Waals surface area contributed by atoms with Crippen LogP contribution in [-0.4, -0.2) is 22.9 Å². The lowest BCUT2D eigenvalue weighted by molar-refractivity contribution is 0.378. The first-order chi connectivity index (χ1) is 12.8. The molecule has 0 bridgehead atoms. The highest BCUT2D eigenvalue weighted by Gasteiger charge is 2.67. The number of hydrogen-bond donors (Lipinski definition) is 2. The third kappa shape index (κ3) is 4.47. The number of alkyl halides is 2. The van der Waals surface area contributed by atoms with Gasteiger partial charge in [-0.25, -0.2) is 17.9 Å². The molecule has 4 rings (SSSR count). The monoisotopic (exact) mass is 429 g/mol. The molecule has 2 aromatic carbocycles. The molecule has 27 heavy (non-hydrogen) atoms. The van der Waals surface area contributed by atoms with Gasteiger partial charge in [-0.3, -0.25) is 0 Å². The average molecular weight is 430 g/mol. The Bertz CT molecular complexity index is 1000. The molecule has 1 aliphatic rings. The third-order valence-corrected chi connectivity index (χ3v) is 4.94. The number of hydrogen-bond acceptors (Lipinski definition) is 5. The van der Waals surface area contributed by atoms with Gasteiger partial charge in [-0.15, -0.1) is 23.2 Å². The van der Waals surface area contributed by atoms with Crippen molar-refractivity contribution in [1.82, 2.24) is 10.1 Å². The van der Waals surface area contributed by atoms with E-state index in [0.717, 1.165) is 5.56 Å². The lowest BCUT2D eigenvalue weighted by Crippen LogP contribution is -1.90. The van der Waals surface area contributed by atoms with Crippen LogP contribution in [-0.2, 0) is 10.9 Å². The Hall–Kier alpha value is -2.00. The largest absolute Gasteiger partial charge is 0.339 e. The minimum Gasteiger partial charge on any atom is -0.339 e. The van der Waals surface area contributed by atoms with Crippen LogP contribution < -0.4 is 5.14 Å². The summed E-state index contributed by atoms with van der Waals surface area (Å²) in [7, 11) is -2.62. The van der Waals surface area contributed by atoms with E-state index in [1.54, 1.807) is 12.1 Å². The van der Waals surface area contributed by atoms with E-state index in [4.69, 9.17) is 36.1 Å².